The molecule has 0 aliphatic carbocycles. The molecule has 0 radical (unpaired) electrons. The van der Waals surface area contributed by atoms with Crippen LogP contribution in [0, 0.1) is 11.2 Å². The van der Waals surface area contributed by atoms with Crippen LogP contribution >= 0.6 is 0 Å². The minimum atomic E-state index is -0.496. The molecule has 0 N–H and O–H groups in total. The Morgan fingerprint density at radius 3 is 2.61 bits per heavy atom. The lowest BCUT2D eigenvalue weighted by Crippen LogP contribution is -2.21. The van der Waals surface area contributed by atoms with E-state index in [0.717, 1.165) is 0 Å². The van der Waals surface area contributed by atoms with Crippen LogP contribution in [0.15, 0.2) is 35.0 Å². The number of benzene rings is 1. The van der Waals surface area contributed by atoms with Crippen molar-refractivity contribution in [1.82, 2.24) is 0 Å². The first kappa shape index (κ1) is 12.5. The van der Waals surface area contributed by atoms with Crippen LogP contribution in [0.3, 0.4) is 0 Å². The Kier molecular flexibility index (Phi) is 3.03. The first-order valence-corrected chi connectivity index (χ1v) is 5.65. The van der Waals surface area contributed by atoms with Gasteiger partial charge in [-0.15, -0.1) is 0 Å². The number of hydrogen-bond acceptors (Lipinski definition) is 3. The predicted molar refractivity (Wildman–Crippen MR) is 67.4 cm³/mol. The van der Waals surface area contributed by atoms with Crippen LogP contribution in [0.5, 0.6) is 0 Å². The van der Waals surface area contributed by atoms with Gasteiger partial charge in [0, 0.05) is 5.41 Å². The smallest absolute Gasteiger partial charge is 0.363 e. The van der Waals surface area contributed by atoms with E-state index >= 15 is 0 Å². The third kappa shape index (κ3) is 2.64. The molecule has 0 fully saturated rings. The molecule has 0 saturated heterocycles. The summed E-state index contributed by atoms with van der Waals surface area (Å²) < 4.78 is 18.1. The highest BCUT2D eigenvalue weighted by molar-refractivity contribution is 6.08. The van der Waals surface area contributed by atoms with E-state index in [1.54, 1.807) is 12.1 Å². The fourth-order valence-corrected chi connectivity index (χ4v) is 1.48. The van der Waals surface area contributed by atoms with E-state index in [4.69, 9.17) is 4.74 Å². The highest BCUT2D eigenvalue weighted by Gasteiger charge is 2.31. The van der Waals surface area contributed by atoms with Crippen molar-refractivity contribution in [2.24, 2.45) is 10.4 Å². The maximum absolute atomic E-state index is 13.0. The Morgan fingerprint density at radius 1 is 1.33 bits per heavy atom. The molecule has 0 spiro atoms. The Bertz CT molecular complexity index is 553. The molecule has 3 nitrogen and oxygen atoms in total. The van der Waals surface area contributed by atoms with Crippen molar-refractivity contribution in [3.05, 3.63) is 41.3 Å². The highest BCUT2D eigenvalue weighted by atomic mass is 19.1. The molecule has 0 saturated carbocycles. The van der Waals surface area contributed by atoms with Crippen LogP contribution in [-0.2, 0) is 9.53 Å². The van der Waals surface area contributed by atoms with Crippen molar-refractivity contribution < 1.29 is 13.9 Å². The van der Waals surface area contributed by atoms with Gasteiger partial charge in [-0.1, -0.05) is 32.9 Å². The molecule has 4 heteroatoms. The Labute approximate surface area is 105 Å². The molecular formula is C14H14FNO2. The summed E-state index contributed by atoms with van der Waals surface area (Å²) in [6.07, 6.45) is 1.52. The zero-order valence-electron chi connectivity index (χ0n) is 10.5. The third-order valence-electron chi connectivity index (χ3n) is 2.41. The van der Waals surface area contributed by atoms with Crippen LogP contribution in [0.25, 0.3) is 6.08 Å². The average molecular weight is 247 g/mol. The van der Waals surface area contributed by atoms with Crippen molar-refractivity contribution in [2.75, 3.05) is 0 Å². The first-order chi connectivity index (χ1) is 8.36. The molecule has 1 aromatic carbocycles. The van der Waals surface area contributed by atoms with Crippen LogP contribution < -0.4 is 0 Å². The SMILES string of the molecule is CC(C)(C)C1=NC(=Cc2cccc(F)c2)C(=O)O1. The van der Waals surface area contributed by atoms with Gasteiger partial charge < -0.3 is 4.74 Å². The third-order valence-corrected chi connectivity index (χ3v) is 2.41. The first-order valence-electron chi connectivity index (χ1n) is 5.65. The van der Waals surface area contributed by atoms with Crippen molar-refractivity contribution in [3.8, 4) is 0 Å². The molecule has 1 aliphatic rings. The van der Waals surface area contributed by atoms with Gasteiger partial charge in [-0.2, -0.15) is 0 Å². The van der Waals surface area contributed by atoms with E-state index in [1.807, 2.05) is 20.8 Å². The second kappa shape index (κ2) is 4.37. The summed E-state index contributed by atoms with van der Waals surface area (Å²) in [6, 6.07) is 5.97. The van der Waals surface area contributed by atoms with Gasteiger partial charge in [0.2, 0.25) is 5.90 Å². The fraction of sp³-hybridized carbons (Fsp3) is 0.286. The maximum atomic E-state index is 13.0. The van der Waals surface area contributed by atoms with Crippen LogP contribution in [-0.4, -0.2) is 11.9 Å². The van der Waals surface area contributed by atoms with Gasteiger partial charge in [-0.25, -0.2) is 14.2 Å². The lowest BCUT2D eigenvalue weighted by molar-refractivity contribution is -0.130. The molecule has 2 rings (SSSR count). The summed E-state index contributed by atoms with van der Waals surface area (Å²) in [5, 5.41) is 0. The molecule has 18 heavy (non-hydrogen) atoms. The molecule has 94 valence electrons. The number of carbonyl (C=O) groups excluding carboxylic acids is 1. The second-order valence-corrected chi connectivity index (χ2v) is 5.14. The Morgan fingerprint density at radius 2 is 2.06 bits per heavy atom. The Hall–Kier alpha value is -1.97. The van der Waals surface area contributed by atoms with E-state index in [0.29, 0.717) is 11.5 Å². The topological polar surface area (TPSA) is 38.7 Å². The van der Waals surface area contributed by atoms with E-state index in [2.05, 4.69) is 4.99 Å². The standard InChI is InChI=1S/C14H14FNO2/c1-14(2,3)13-16-11(12(17)18-13)8-9-5-4-6-10(15)7-9/h4-8H,1-3H3. The number of nitrogens with zero attached hydrogens (tertiary/aromatic N) is 1. The fourth-order valence-electron chi connectivity index (χ4n) is 1.48. The van der Waals surface area contributed by atoms with Crippen LogP contribution in [0.2, 0.25) is 0 Å². The lowest BCUT2D eigenvalue weighted by atomic mass is 9.97. The highest BCUT2D eigenvalue weighted by Crippen LogP contribution is 2.25. The molecule has 0 unspecified atom stereocenters. The summed E-state index contributed by atoms with van der Waals surface area (Å²) >= 11 is 0. The Balaban J connectivity index is 2.34. The summed E-state index contributed by atoms with van der Waals surface area (Å²) in [6.45, 7) is 5.72. The number of rotatable bonds is 1. The van der Waals surface area contributed by atoms with Crippen molar-refractivity contribution in [2.45, 2.75) is 20.8 Å². The number of esters is 1. The van der Waals surface area contributed by atoms with E-state index in [-0.39, 0.29) is 16.9 Å². The maximum Gasteiger partial charge on any atom is 0.363 e. The summed E-state index contributed by atoms with van der Waals surface area (Å²) in [5.74, 6) is -0.463. The number of carbonyl (C=O) groups is 1. The summed E-state index contributed by atoms with van der Waals surface area (Å²) in [5.41, 5.74) is 0.457. The number of ether oxygens (including phenoxy) is 1. The zero-order chi connectivity index (χ0) is 13.3. The molecule has 0 bridgehead atoms. The molecule has 0 aromatic heterocycles. The molecule has 1 heterocycles. The minimum Gasteiger partial charge on any atom is -0.406 e. The van der Waals surface area contributed by atoms with Crippen LogP contribution in [0.4, 0.5) is 4.39 Å². The van der Waals surface area contributed by atoms with Crippen molar-refractivity contribution >= 4 is 17.9 Å². The molecule has 1 aromatic rings. The predicted octanol–water partition coefficient (Wildman–Crippen LogP) is 3.17. The number of hydrogen-bond donors (Lipinski definition) is 0. The largest absolute Gasteiger partial charge is 0.406 e. The second-order valence-electron chi connectivity index (χ2n) is 5.14. The van der Waals surface area contributed by atoms with Gasteiger partial charge in [-0.3, -0.25) is 0 Å². The summed E-state index contributed by atoms with van der Waals surface area (Å²) in [4.78, 5) is 15.8. The molecule has 0 atom stereocenters. The zero-order valence-corrected chi connectivity index (χ0v) is 10.5. The number of halogens is 1. The van der Waals surface area contributed by atoms with Gasteiger partial charge in [0.25, 0.3) is 0 Å². The van der Waals surface area contributed by atoms with E-state index < -0.39 is 5.97 Å². The van der Waals surface area contributed by atoms with Gasteiger partial charge in [-0.05, 0) is 23.8 Å². The lowest BCUT2D eigenvalue weighted by Gasteiger charge is -2.15. The normalized spacial score (nSPS) is 17.9. The van der Waals surface area contributed by atoms with Gasteiger partial charge in [0.15, 0.2) is 5.70 Å². The average Bonchev–Trinajstić information content (AvgIpc) is 2.60. The van der Waals surface area contributed by atoms with E-state index in [1.165, 1.54) is 18.2 Å². The van der Waals surface area contributed by atoms with Gasteiger partial charge in [0.1, 0.15) is 5.82 Å². The van der Waals surface area contributed by atoms with Crippen molar-refractivity contribution in [3.63, 3.8) is 0 Å². The van der Waals surface area contributed by atoms with Gasteiger partial charge >= 0.3 is 5.97 Å². The monoisotopic (exact) mass is 247 g/mol. The van der Waals surface area contributed by atoms with E-state index in [9.17, 15) is 9.18 Å². The van der Waals surface area contributed by atoms with Crippen LogP contribution in [0.1, 0.15) is 26.3 Å². The quantitative estimate of drug-likeness (QED) is 0.564. The molecule has 0 amide bonds. The molecular weight excluding hydrogens is 233 g/mol. The number of cyclic esters (lactones) is 1. The number of aliphatic imine (C=N–C) groups is 1. The minimum absolute atomic E-state index is 0.200. The summed E-state index contributed by atoms with van der Waals surface area (Å²) in [7, 11) is 0. The van der Waals surface area contributed by atoms with Gasteiger partial charge in [0.05, 0.1) is 0 Å². The van der Waals surface area contributed by atoms with Crippen molar-refractivity contribution in [1.29, 1.82) is 0 Å². The molecule has 1 aliphatic heterocycles.